The summed E-state index contributed by atoms with van der Waals surface area (Å²) in [6.07, 6.45) is 0. The molecular formula is C13H23N5O2. The molecule has 2 heterocycles. The summed E-state index contributed by atoms with van der Waals surface area (Å²) in [6.45, 7) is 7.94. The molecule has 1 atom stereocenters. The van der Waals surface area contributed by atoms with Crippen molar-refractivity contribution in [1.82, 2.24) is 20.0 Å². The minimum Gasteiger partial charge on any atom is -0.395 e. The number of hydrogen-bond acceptors (Lipinski definition) is 5. The summed E-state index contributed by atoms with van der Waals surface area (Å²) in [7, 11) is 1.73. The number of rotatable bonds is 4. The molecule has 7 heteroatoms. The molecule has 7 nitrogen and oxygen atoms in total. The van der Waals surface area contributed by atoms with Crippen LogP contribution in [-0.2, 0) is 11.8 Å². The summed E-state index contributed by atoms with van der Waals surface area (Å²) >= 11 is 0. The van der Waals surface area contributed by atoms with Crippen LogP contribution in [0.15, 0.2) is 0 Å². The lowest BCUT2D eigenvalue weighted by Gasteiger charge is -2.29. The number of nitrogens with two attached hydrogens (primary N) is 1. The lowest BCUT2D eigenvalue weighted by Crippen LogP contribution is -2.46. The Morgan fingerprint density at radius 1 is 1.50 bits per heavy atom. The molecule has 1 saturated heterocycles. The van der Waals surface area contributed by atoms with Gasteiger partial charge in [0.25, 0.3) is 5.91 Å². The number of carbonyl (C=O) groups excluding carboxylic acids is 1. The number of ether oxygens (including phenoxy) is 1. The molecule has 1 aliphatic heterocycles. The molecule has 0 radical (unpaired) electrons. The Labute approximate surface area is 119 Å². The van der Waals surface area contributed by atoms with Crippen molar-refractivity contribution < 1.29 is 9.53 Å². The van der Waals surface area contributed by atoms with E-state index in [2.05, 4.69) is 15.3 Å². The van der Waals surface area contributed by atoms with Crippen molar-refractivity contribution in [3.63, 3.8) is 0 Å². The summed E-state index contributed by atoms with van der Waals surface area (Å²) < 4.78 is 6.84. The van der Waals surface area contributed by atoms with E-state index in [4.69, 9.17) is 10.5 Å². The molecule has 0 saturated carbocycles. The first kappa shape index (κ1) is 14.8. The Bertz CT molecular complexity index is 479. The predicted octanol–water partition coefficient (Wildman–Crippen LogP) is -0.239. The molecule has 0 bridgehead atoms. The van der Waals surface area contributed by atoms with E-state index in [1.807, 2.05) is 6.92 Å². The number of anilines is 1. The van der Waals surface area contributed by atoms with Crippen molar-refractivity contribution in [2.24, 2.45) is 7.05 Å². The van der Waals surface area contributed by atoms with Gasteiger partial charge in [-0.1, -0.05) is 0 Å². The van der Waals surface area contributed by atoms with Crippen molar-refractivity contribution in [3.8, 4) is 0 Å². The van der Waals surface area contributed by atoms with Crippen LogP contribution in [0.5, 0.6) is 0 Å². The zero-order valence-electron chi connectivity index (χ0n) is 12.3. The molecular weight excluding hydrogens is 258 g/mol. The maximum absolute atomic E-state index is 12.3. The second-order valence-electron chi connectivity index (χ2n) is 5.26. The molecule has 1 aliphatic rings. The van der Waals surface area contributed by atoms with Crippen LogP contribution >= 0.6 is 0 Å². The van der Waals surface area contributed by atoms with E-state index in [1.54, 1.807) is 14.0 Å². The summed E-state index contributed by atoms with van der Waals surface area (Å²) in [5.74, 6) is -0.175. The topological polar surface area (TPSA) is 85.4 Å². The molecule has 0 aliphatic carbocycles. The molecule has 1 fully saturated rings. The summed E-state index contributed by atoms with van der Waals surface area (Å²) in [5, 5.41) is 7.13. The predicted molar refractivity (Wildman–Crippen MR) is 76.5 cm³/mol. The van der Waals surface area contributed by atoms with Gasteiger partial charge in [0, 0.05) is 32.7 Å². The van der Waals surface area contributed by atoms with Crippen molar-refractivity contribution in [3.05, 3.63) is 11.4 Å². The Morgan fingerprint density at radius 2 is 2.15 bits per heavy atom. The number of morpholine rings is 1. The van der Waals surface area contributed by atoms with E-state index in [0.29, 0.717) is 17.1 Å². The molecule has 0 spiro atoms. The zero-order valence-corrected chi connectivity index (χ0v) is 12.3. The van der Waals surface area contributed by atoms with Gasteiger partial charge in [0.1, 0.15) is 5.69 Å². The van der Waals surface area contributed by atoms with Gasteiger partial charge in [0.2, 0.25) is 0 Å². The van der Waals surface area contributed by atoms with Crippen molar-refractivity contribution in [2.45, 2.75) is 19.9 Å². The maximum Gasteiger partial charge on any atom is 0.271 e. The fraction of sp³-hybridized carbons (Fsp3) is 0.692. The lowest BCUT2D eigenvalue weighted by atomic mass is 10.2. The highest BCUT2D eigenvalue weighted by molar-refractivity contribution is 5.98. The van der Waals surface area contributed by atoms with Crippen molar-refractivity contribution in [1.29, 1.82) is 0 Å². The molecule has 1 amide bonds. The van der Waals surface area contributed by atoms with E-state index in [-0.39, 0.29) is 11.9 Å². The van der Waals surface area contributed by atoms with Crippen molar-refractivity contribution in [2.75, 3.05) is 38.6 Å². The average molecular weight is 281 g/mol. The third-order valence-electron chi connectivity index (χ3n) is 3.50. The van der Waals surface area contributed by atoms with Crippen molar-refractivity contribution >= 4 is 11.6 Å². The van der Waals surface area contributed by atoms with E-state index in [0.717, 1.165) is 32.8 Å². The van der Waals surface area contributed by atoms with Gasteiger partial charge in [-0.2, -0.15) is 5.10 Å². The number of amides is 1. The largest absolute Gasteiger partial charge is 0.395 e. The second-order valence-corrected chi connectivity index (χ2v) is 5.26. The van der Waals surface area contributed by atoms with Crippen LogP contribution in [0.25, 0.3) is 0 Å². The molecule has 112 valence electrons. The van der Waals surface area contributed by atoms with Gasteiger partial charge in [-0.15, -0.1) is 0 Å². The van der Waals surface area contributed by atoms with E-state index < -0.39 is 0 Å². The average Bonchev–Trinajstić information content (AvgIpc) is 2.64. The minimum absolute atomic E-state index is 0.0511. The van der Waals surface area contributed by atoms with Crippen LogP contribution in [0.4, 0.5) is 5.69 Å². The molecule has 0 aromatic carbocycles. The first-order valence-electron chi connectivity index (χ1n) is 6.89. The first-order chi connectivity index (χ1) is 9.49. The van der Waals surface area contributed by atoms with E-state index in [1.165, 1.54) is 4.68 Å². The van der Waals surface area contributed by atoms with Gasteiger partial charge in [0.15, 0.2) is 0 Å². The van der Waals surface area contributed by atoms with Gasteiger partial charge in [-0.25, -0.2) is 0 Å². The Kier molecular flexibility index (Phi) is 4.61. The highest BCUT2D eigenvalue weighted by atomic mass is 16.5. The van der Waals surface area contributed by atoms with Crippen LogP contribution < -0.4 is 11.1 Å². The maximum atomic E-state index is 12.3. The molecule has 1 aromatic heterocycles. The summed E-state index contributed by atoms with van der Waals surface area (Å²) in [6, 6.07) is 0.0511. The lowest BCUT2D eigenvalue weighted by molar-refractivity contribution is 0.0342. The molecule has 2 rings (SSSR count). The quantitative estimate of drug-likeness (QED) is 0.795. The van der Waals surface area contributed by atoms with Gasteiger partial charge >= 0.3 is 0 Å². The molecule has 1 unspecified atom stereocenters. The smallest absolute Gasteiger partial charge is 0.271 e. The fourth-order valence-electron chi connectivity index (χ4n) is 2.45. The van der Waals surface area contributed by atoms with Gasteiger partial charge in [-0.05, 0) is 13.8 Å². The van der Waals surface area contributed by atoms with Gasteiger partial charge in [-0.3, -0.25) is 14.4 Å². The SMILES string of the molecule is Cc1nn(C)c(C(=O)NC(C)CN2CCOCC2)c1N. The Morgan fingerprint density at radius 3 is 2.70 bits per heavy atom. The highest BCUT2D eigenvalue weighted by Crippen LogP contribution is 2.15. The number of carbonyl (C=O) groups is 1. The van der Waals surface area contributed by atoms with Crippen LogP contribution in [0.3, 0.4) is 0 Å². The monoisotopic (exact) mass is 281 g/mol. The normalized spacial score (nSPS) is 17.9. The number of nitrogens with one attached hydrogen (secondary N) is 1. The standard InChI is InChI=1S/C13H23N5O2/c1-9(8-18-4-6-20-7-5-18)15-13(19)12-11(14)10(2)16-17(12)3/h9H,4-8,14H2,1-3H3,(H,15,19). The van der Waals surface area contributed by atoms with Gasteiger partial charge < -0.3 is 15.8 Å². The third-order valence-corrected chi connectivity index (χ3v) is 3.50. The number of aryl methyl sites for hydroxylation is 2. The fourth-order valence-corrected chi connectivity index (χ4v) is 2.45. The molecule has 20 heavy (non-hydrogen) atoms. The van der Waals surface area contributed by atoms with E-state index >= 15 is 0 Å². The second kappa shape index (κ2) is 6.23. The summed E-state index contributed by atoms with van der Waals surface area (Å²) in [4.78, 5) is 14.5. The zero-order chi connectivity index (χ0) is 14.7. The Hall–Kier alpha value is -1.60. The number of aromatic nitrogens is 2. The minimum atomic E-state index is -0.175. The molecule has 1 aromatic rings. The number of hydrogen-bond donors (Lipinski definition) is 2. The van der Waals surface area contributed by atoms with Crippen LogP contribution in [0.1, 0.15) is 23.1 Å². The van der Waals surface area contributed by atoms with Crippen LogP contribution in [0, 0.1) is 6.92 Å². The number of nitrogens with zero attached hydrogens (tertiary/aromatic N) is 3. The van der Waals surface area contributed by atoms with E-state index in [9.17, 15) is 4.79 Å². The molecule has 3 N–H and O–H groups in total. The highest BCUT2D eigenvalue weighted by Gasteiger charge is 2.21. The number of nitrogen functional groups attached to an aromatic ring is 1. The Balaban J connectivity index is 1.93. The first-order valence-corrected chi connectivity index (χ1v) is 6.89. The summed E-state index contributed by atoms with van der Waals surface area (Å²) in [5.41, 5.74) is 7.45. The van der Waals surface area contributed by atoms with Gasteiger partial charge in [0.05, 0.1) is 24.6 Å². The van der Waals surface area contributed by atoms with Crippen LogP contribution in [-0.4, -0.2) is 59.5 Å². The van der Waals surface area contributed by atoms with Crippen LogP contribution in [0.2, 0.25) is 0 Å². The third kappa shape index (κ3) is 3.29.